The van der Waals surface area contributed by atoms with Crippen molar-refractivity contribution >= 4 is 5.91 Å². The van der Waals surface area contributed by atoms with Gasteiger partial charge < -0.3 is 14.8 Å². The van der Waals surface area contributed by atoms with E-state index in [0.717, 1.165) is 12.2 Å². The number of amides is 1. The Morgan fingerprint density at radius 2 is 2.00 bits per heavy atom. The lowest BCUT2D eigenvalue weighted by molar-refractivity contribution is -0.127. The van der Waals surface area contributed by atoms with Gasteiger partial charge in [0.15, 0.2) is 6.10 Å². The Bertz CT molecular complexity index is 457. The molecule has 4 heteroatoms. The van der Waals surface area contributed by atoms with E-state index in [-0.39, 0.29) is 5.91 Å². The van der Waals surface area contributed by atoms with Crippen LogP contribution in [-0.2, 0) is 9.53 Å². The third-order valence-corrected chi connectivity index (χ3v) is 3.37. The molecule has 1 N–H and O–H groups in total. The van der Waals surface area contributed by atoms with Crippen LogP contribution in [0.1, 0.15) is 44.2 Å². The first-order valence-corrected chi connectivity index (χ1v) is 7.49. The van der Waals surface area contributed by atoms with Crippen molar-refractivity contribution in [3.63, 3.8) is 0 Å². The quantitative estimate of drug-likeness (QED) is 0.749. The van der Waals surface area contributed by atoms with Crippen LogP contribution in [0.5, 0.6) is 5.75 Å². The molecule has 1 rings (SSSR count). The molecule has 1 unspecified atom stereocenters. The van der Waals surface area contributed by atoms with Crippen molar-refractivity contribution in [3.05, 3.63) is 29.3 Å². The minimum absolute atomic E-state index is 0.100. The molecule has 0 aliphatic heterocycles. The molecule has 0 fully saturated rings. The van der Waals surface area contributed by atoms with Crippen molar-refractivity contribution in [2.24, 2.45) is 0 Å². The molecule has 4 nitrogen and oxygen atoms in total. The zero-order valence-electron chi connectivity index (χ0n) is 13.7. The third kappa shape index (κ3) is 5.76. The van der Waals surface area contributed by atoms with Crippen LogP contribution < -0.4 is 10.1 Å². The largest absolute Gasteiger partial charge is 0.481 e. The first kappa shape index (κ1) is 17.5. The average Bonchev–Trinajstić information content (AvgIpc) is 2.43. The van der Waals surface area contributed by atoms with Crippen LogP contribution in [0.15, 0.2) is 18.2 Å². The van der Waals surface area contributed by atoms with Gasteiger partial charge in [0.25, 0.3) is 5.91 Å². The van der Waals surface area contributed by atoms with Crippen molar-refractivity contribution in [1.29, 1.82) is 0 Å². The lowest BCUT2D eigenvalue weighted by Crippen LogP contribution is -2.37. The molecule has 1 amide bonds. The number of carbonyl (C=O) groups is 1. The molecule has 1 atom stereocenters. The fourth-order valence-corrected chi connectivity index (χ4v) is 2.20. The maximum Gasteiger partial charge on any atom is 0.260 e. The standard InChI is InChI=1S/C17H27NO3/c1-12(2)16-8-7-15(11-13(16)3)21-14(4)17(19)18-9-6-10-20-5/h7-8,11-12,14H,6,9-10H2,1-5H3,(H,18,19). The number of nitrogens with one attached hydrogen (secondary N) is 1. The molecule has 1 aromatic carbocycles. The van der Waals surface area contributed by atoms with E-state index in [1.54, 1.807) is 14.0 Å². The van der Waals surface area contributed by atoms with Gasteiger partial charge in [-0.1, -0.05) is 19.9 Å². The summed E-state index contributed by atoms with van der Waals surface area (Å²) in [5.74, 6) is 1.12. The molecule has 0 bridgehead atoms. The second kappa shape index (κ2) is 8.67. The number of hydrogen-bond acceptors (Lipinski definition) is 3. The highest BCUT2D eigenvalue weighted by atomic mass is 16.5. The van der Waals surface area contributed by atoms with Crippen LogP contribution in [0.25, 0.3) is 0 Å². The van der Waals surface area contributed by atoms with Gasteiger partial charge in [0, 0.05) is 20.3 Å². The molecule has 0 saturated heterocycles. The lowest BCUT2D eigenvalue weighted by atomic mass is 9.98. The molecular formula is C17H27NO3. The van der Waals surface area contributed by atoms with Crippen LogP contribution >= 0.6 is 0 Å². The molecule has 0 spiro atoms. The summed E-state index contributed by atoms with van der Waals surface area (Å²) in [6.45, 7) is 9.41. The van der Waals surface area contributed by atoms with E-state index in [2.05, 4.69) is 32.2 Å². The highest BCUT2D eigenvalue weighted by Gasteiger charge is 2.14. The Morgan fingerprint density at radius 1 is 1.29 bits per heavy atom. The first-order valence-electron chi connectivity index (χ1n) is 7.49. The van der Waals surface area contributed by atoms with Crippen molar-refractivity contribution in [2.45, 2.75) is 46.1 Å². The van der Waals surface area contributed by atoms with Crippen LogP contribution in [0.2, 0.25) is 0 Å². The molecular weight excluding hydrogens is 266 g/mol. The summed E-state index contributed by atoms with van der Waals surface area (Å²) in [6.07, 6.45) is 0.300. The predicted octanol–water partition coefficient (Wildman–Crippen LogP) is 3.04. The van der Waals surface area contributed by atoms with E-state index in [9.17, 15) is 4.79 Å². The normalized spacial score (nSPS) is 12.3. The Labute approximate surface area is 127 Å². The summed E-state index contributed by atoms with van der Waals surface area (Å²) >= 11 is 0. The lowest BCUT2D eigenvalue weighted by Gasteiger charge is -2.17. The topological polar surface area (TPSA) is 47.6 Å². The van der Waals surface area contributed by atoms with Crippen molar-refractivity contribution in [1.82, 2.24) is 5.32 Å². The fourth-order valence-electron chi connectivity index (χ4n) is 2.20. The molecule has 0 heterocycles. The van der Waals surface area contributed by atoms with Gasteiger partial charge in [-0.15, -0.1) is 0 Å². The number of rotatable bonds is 8. The Kier molecular flexibility index (Phi) is 7.23. The summed E-state index contributed by atoms with van der Waals surface area (Å²) < 4.78 is 10.6. The van der Waals surface area contributed by atoms with Gasteiger partial charge in [-0.3, -0.25) is 4.79 Å². The first-order chi connectivity index (χ1) is 9.95. The highest BCUT2D eigenvalue weighted by molar-refractivity contribution is 5.80. The summed E-state index contributed by atoms with van der Waals surface area (Å²) in [4.78, 5) is 11.9. The number of aryl methyl sites for hydroxylation is 1. The predicted molar refractivity (Wildman–Crippen MR) is 84.9 cm³/mol. The van der Waals surface area contributed by atoms with E-state index in [4.69, 9.17) is 9.47 Å². The Morgan fingerprint density at radius 3 is 2.57 bits per heavy atom. The second-order valence-electron chi connectivity index (χ2n) is 5.57. The highest BCUT2D eigenvalue weighted by Crippen LogP contribution is 2.24. The molecule has 1 aromatic rings. The Hall–Kier alpha value is -1.55. The SMILES string of the molecule is COCCCNC(=O)C(C)Oc1ccc(C(C)C)c(C)c1. The Balaban J connectivity index is 2.52. The monoisotopic (exact) mass is 293 g/mol. The van der Waals surface area contributed by atoms with Crippen LogP contribution in [0, 0.1) is 6.92 Å². The minimum Gasteiger partial charge on any atom is -0.481 e. The van der Waals surface area contributed by atoms with Gasteiger partial charge >= 0.3 is 0 Å². The molecule has 0 aromatic heterocycles. The maximum absolute atomic E-state index is 11.9. The van der Waals surface area contributed by atoms with E-state index in [0.29, 0.717) is 19.1 Å². The van der Waals surface area contributed by atoms with E-state index >= 15 is 0 Å². The molecule has 0 aliphatic carbocycles. The van der Waals surface area contributed by atoms with Crippen LogP contribution in [-0.4, -0.2) is 32.3 Å². The second-order valence-corrected chi connectivity index (χ2v) is 5.57. The molecule has 0 radical (unpaired) electrons. The van der Waals surface area contributed by atoms with E-state index < -0.39 is 6.10 Å². The number of hydrogen-bond donors (Lipinski definition) is 1. The van der Waals surface area contributed by atoms with Crippen molar-refractivity contribution in [2.75, 3.05) is 20.3 Å². The smallest absolute Gasteiger partial charge is 0.260 e. The molecule has 0 saturated carbocycles. The molecule has 21 heavy (non-hydrogen) atoms. The maximum atomic E-state index is 11.9. The van der Waals surface area contributed by atoms with Gasteiger partial charge in [0.1, 0.15) is 5.75 Å². The number of ether oxygens (including phenoxy) is 2. The fraction of sp³-hybridized carbons (Fsp3) is 0.588. The average molecular weight is 293 g/mol. The third-order valence-electron chi connectivity index (χ3n) is 3.37. The van der Waals surface area contributed by atoms with Gasteiger partial charge in [-0.2, -0.15) is 0 Å². The summed E-state index contributed by atoms with van der Waals surface area (Å²) in [7, 11) is 1.65. The number of methoxy groups -OCH3 is 1. The zero-order valence-corrected chi connectivity index (χ0v) is 13.7. The van der Waals surface area contributed by atoms with Gasteiger partial charge in [-0.25, -0.2) is 0 Å². The zero-order chi connectivity index (χ0) is 15.8. The minimum atomic E-state index is -0.503. The number of benzene rings is 1. The molecule has 118 valence electrons. The summed E-state index contributed by atoms with van der Waals surface area (Å²) in [5, 5.41) is 2.84. The van der Waals surface area contributed by atoms with Gasteiger partial charge in [0.05, 0.1) is 0 Å². The summed E-state index contributed by atoms with van der Waals surface area (Å²) in [5.41, 5.74) is 2.49. The van der Waals surface area contributed by atoms with E-state index in [1.807, 2.05) is 12.1 Å². The van der Waals surface area contributed by atoms with E-state index in [1.165, 1.54) is 11.1 Å². The molecule has 0 aliphatic rings. The van der Waals surface area contributed by atoms with Crippen LogP contribution in [0.3, 0.4) is 0 Å². The van der Waals surface area contributed by atoms with Gasteiger partial charge in [0.2, 0.25) is 0 Å². The van der Waals surface area contributed by atoms with Crippen molar-refractivity contribution in [3.8, 4) is 5.75 Å². The van der Waals surface area contributed by atoms with Gasteiger partial charge in [-0.05, 0) is 49.4 Å². The van der Waals surface area contributed by atoms with Crippen LogP contribution in [0.4, 0.5) is 0 Å². The summed E-state index contributed by atoms with van der Waals surface area (Å²) in [6, 6.07) is 5.99. The number of carbonyl (C=O) groups excluding carboxylic acids is 1. The van der Waals surface area contributed by atoms with Crippen molar-refractivity contribution < 1.29 is 14.3 Å².